The normalized spacial score (nSPS) is 13.7. The number of phosphoric ester groups is 1. The van der Waals surface area contributed by atoms with E-state index in [-0.39, 0.29) is 25.8 Å². The van der Waals surface area contributed by atoms with E-state index in [1.165, 1.54) is 205 Å². The number of likely N-dealkylation sites (N-methyl/N-ethyl adjacent to an activating group) is 1. The van der Waals surface area contributed by atoms with Gasteiger partial charge in [0.15, 0.2) is 0 Å². The van der Waals surface area contributed by atoms with Crippen LogP contribution in [0, 0.1) is 0 Å². The Kier molecular flexibility index (Phi) is 51.1. The lowest BCUT2D eigenvalue weighted by atomic mass is 10.0. The van der Waals surface area contributed by atoms with Gasteiger partial charge in [0.2, 0.25) is 0 Å². The van der Waals surface area contributed by atoms with Crippen LogP contribution in [0.2, 0.25) is 0 Å². The monoisotopic (exact) mass is 980 g/mol. The summed E-state index contributed by atoms with van der Waals surface area (Å²) in [5, 5.41) is 0. The minimum Gasteiger partial charge on any atom is -0.756 e. The number of ether oxygens (including phenoxy) is 2. The third-order valence-corrected chi connectivity index (χ3v) is 13.9. The van der Waals surface area contributed by atoms with Gasteiger partial charge in [-0.15, -0.1) is 0 Å². The van der Waals surface area contributed by atoms with Crippen LogP contribution in [0.4, 0.5) is 0 Å². The highest BCUT2D eigenvalue weighted by molar-refractivity contribution is 7.45. The average Bonchev–Trinajstić information content (AvgIpc) is 3.30. The SMILES string of the molecule is CCCCCCC/C=C\C/C=C\C/C=C\CCCCCCCCCOCC(COP(=O)([O-])OCC[N+](C)(C)C)OC(=O)CCCCCCCCCCCCCCCCCCCCCCCCCC. The molecule has 0 aliphatic heterocycles. The van der Waals surface area contributed by atoms with Crippen molar-refractivity contribution in [2.45, 2.75) is 283 Å². The van der Waals surface area contributed by atoms with Gasteiger partial charge in [0.05, 0.1) is 34.4 Å². The van der Waals surface area contributed by atoms with Gasteiger partial charge in [-0.25, -0.2) is 0 Å². The van der Waals surface area contributed by atoms with Gasteiger partial charge in [-0.2, -0.15) is 0 Å². The van der Waals surface area contributed by atoms with Gasteiger partial charge in [0, 0.05) is 13.0 Å². The molecule has 2 unspecified atom stereocenters. The minimum absolute atomic E-state index is 0.0253. The molecule has 0 aromatic rings. The van der Waals surface area contributed by atoms with Crippen molar-refractivity contribution in [3.05, 3.63) is 36.5 Å². The van der Waals surface area contributed by atoms with Gasteiger partial charge in [-0.3, -0.25) is 9.36 Å². The highest BCUT2D eigenvalue weighted by Crippen LogP contribution is 2.38. The summed E-state index contributed by atoms with van der Waals surface area (Å²) in [6.07, 6.45) is 64.7. The molecule has 0 radical (unpaired) electrons. The fourth-order valence-corrected chi connectivity index (χ4v) is 9.17. The summed E-state index contributed by atoms with van der Waals surface area (Å²) in [5.74, 6) is -0.331. The van der Waals surface area contributed by atoms with E-state index < -0.39 is 13.9 Å². The van der Waals surface area contributed by atoms with E-state index in [0.29, 0.717) is 24.1 Å². The van der Waals surface area contributed by atoms with Gasteiger partial charge < -0.3 is 27.9 Å². The Morgan fingerprint density at radius 2 is 0.809 bits per heavy atom. The standard InChI is InChI=1S/C59H114NO7P/c1-6-8-10-12-14-16-18-20-22-24-26-28-30-31-32-34-36-38-40-42-44-46-48-50-52-59(61)67-58(57-66-68(62,63)65-55-53-60(3,4)5)56-64-54-51-49-47-45-43-41-39-37-35-33-29-27-25-23-21-19-17-15-13-11-9-7-2/h19,21,25,27,33,35,58H,6-18,20,22-24,26,28-32,34,36-57H2,1-5H3/b21-19-,27-25-,35-33-. The predicted molar refractivity (Wildman–Crippen MR) is 291 cm³/mol. The van der Waals surface area contributed by atoms with Crippen LogP contribution in [0.5, 0.6) is 0 Å². The minimum atomic E-state index is -4.54. The summed E-state index contributed by atoms with van der Waals surface area (Å²) in [6.45, 7) is 5.43. The molecule has 9 heteroatoms. The van der Waals surface area contributed by atoms with E-state index >= 15 is 0 Å². The Bertz CT molecular complexity index is 1180. The number of esters is 1. The van der Waals surface area contributed by atoms with E-state index in [4.69, 9.17) is 18.5 Å². The fourth-order valence-electron chi connectivity index (χ4n) is 8.44. The van der Waals surface area contributed by atoms with Crippen LogP contribution in [0.15, 0.2) is 36.5 Å². The van der Waals surface area contributed by atoms with Gasteiger partial charge >= 0.3 is 5.97 Å². The smallest absolute Gasteiger partial charge is 0.306 e. The molecule has 68 heavy (non-hydrogen) atoms. The number of nitrogens with zero attached hydrogens (tertiary/aromatic N) is 1. The zero-order valence-electron chi connectivity index (χ0n) is 45.8. The second kappa shape index (κ2) is 52.1. The van der Waals surface area contributed by atoms with Crippen LogP contribution in [-0.2, 0) is 27.9 Å². The Balaban J connectivity index is 4.06. The highest BCUT2D eigenvalue weighted by atomic mass is 31.2. The topological polar surface area (TPSA) is 94.1 Å². The van der Waals surface area contributed by atoms with Crippen LogP contribution in [0.1, 0.15) is 277 Å². The van der Waals surface area contributed by atoms with Crippen LogP contribution >= 0.6 is 7.82 Å². The first-order valence-electron chi connectivity index (χ1n) is 29.2. The largest absolute Gasteiger partial charge is 0.756 e. The highest BCUT2D eigenvalue weighted by Gasteiger charge is 2.20. The molecule has 0 fully saturated rings. The number of rotatable bonds is 55. The maximum Gasteiger partial charge on any atom is 0.306 e. The summed E-state index contributed by atoms with van der Waals surface area (Å²) < 4.78 is 34.9. The Morgan fingerprint density at radius 1 is 0.456 bits per heavy atom. The van der Waals surface area contributed by atoms with Crippen LogP contribution in [0.25, 0.3) is 0 Å². The second-order valence-corrected chi connectivity index (χ2v) is 22.4. The van der Waals surface area contributed by atoms with Crippen LogP contribution < -0.4 is 4.89 Å². The van der Waals surface area contributed by atoms with Gasteiger partial charge in [-0.1, -0.05) is 256 Å². The van der Waals surface area contributed by atoms with Crippen LogP contribution in [0.3, 0.4) is 0 Å². The molecule has 0 aromatic carbocycles. The molecule has 0 rings (SSSR count). The molecule has 0 heterocycles. The fraction of sp³-hybridized carbons (Fsp3) is 0.881. The molecule has 0 aliphatic rings. The van der Waals surface area contributed by atoms with E-state index in [0.717, 1.165) is 51.4 Å². The van der Waals surface area contributed by atoms with Crippen LogP contribution in [-0.4, -0.2) is 70.7 Å². The number of carbonyl (C=O) groups excluding carboxylic acids is 1. The molecule has 2 atom stereocenters. The molecule has 0 saturated heterocycles. The molecule has 0 N–H and O–H groups in total. The molecule has 0 spiro atoms. The number of unbranched alkanes of at least 4 members (excludes halogenated alkanes) is 35. The molecule has 8 nitrogen and oxygen atoms in total. The number of quaternary nitrogens is 1. The average molecular weight is 981 g/mol. The van der Waals surface area contributed by atoms with Crippen molar-refractivity contribution in [2.24, 2.45) is 0 Å². The lowest BCUT2D eigenvalue weighted by molar-refractivity contribution is -0.870. The van der Waals surface area contributed by atoms with Gasteiger partial charge in [0.1, 0.15) is 19.3 Å². The third kappa shape index (κ3) is 55.6. The maximum absolute atomic E-state index is 12.8. The molecule has 0 amide bonds. The van der Waals surface area contributed by atoms with Crippen molar-refractivity contribution in [1.82, 2.24) is 0 Å². The molecular formula is C59H114NO7P. The van der Waals surface area contributed by atoms with E-state index in [9.17, 15) is 14.3 Å². The van der Waals surface area contributed by atoms with Crippen molar-refractivity contribution >= 4 is 13.8 Å². The first kappa shape index (κ1) is 66.7. The zero-order chi connectivity index (χ0) is 49.8. The number of carbonyl (C=O) groups is 1. The maximum atomic E-state index is 12.8. The number of phosphoric acid groups is 1. The number of allylic oxidation sites excluding steroid dienone is 6. The molecule has 0 aromatic heterocycles. The molecular weight excluding hydrogens is 866 g/mol. The molecule has 0 bridgehead atoms. The van der Waals surface area contributed by atoms with E-state index in [1.807, 2.05) is 21.1 Å². The third-order valence-electron chi connectivity index (χ3n) is 12.9. The first-order valence-corrected chi connectivity index (χ1v) is 30.7. The van der Waals surface area contributed by atoms with Crippen molar-refractivity contribution < 1.29 is 37.3 Å². The first-order chi connectivity index (χ1) is 33.1. The summed E-state index contributed by atoms with van der Waals surface area (Å²) in [6, 6.07) is 0. The van der Waals surface area contributed by atoms with E-state index in [2.05, 4.69) is 50.3 Å². The van der Waals surface area contributed by atoms with Gasteiger partial charge in [-0.05, 0) is 51.4 Å². The predicted octanol–water partition coefficient (Wildman–Crippen LogP) is 17.8. The number of hydrogen-bond donors (Lipinski definition) is 0. The quantitative estimate of drug-likeness (QED) is 0.0197. The van der Waals surface area contributed by atoms with Crippen molar-refractivity contribution in [3.8, 4) is 0 Å². The van der Waals surface area contributed by atoms with Crippen molar-refractivity contribution in [1.29, 1.82) is 0 Å². The Hall–Kier alpha value is -1.28. The van der Waals surface area contributed by atoms with E-state index in [1.54, 1.807) is 0 Å². The lowest BCUT2D eigenvalue weighted by Crippen LogP contribution is -2.37. The summed E-state index contributed by atoms with van der Waals surface area (Å²) in [4.78, 5) is 25.3. The Labute approximate surface area is 423 Å². The van der Waals surface area contributed by atoms with Gasteiger partial charge in [0.25, 0.3) is 7.82 Å². The number of hydrogen-bond acceptors (Lipinski definition) is 7. The molecule has 0 aliphatic carbocycles. The summed E-state index contributed by atoms with van der Waals surface area (Å²) in [7, 11) is 1.36. The molecule has 0 saturated carbocycles. The van der Waals surface area contributed by atoms with Crippen molar-refractivity contribution in [2.75, 3.05) is 54.1 Å². The summed E-state index contributed by atoms with van der Waals surface area (Å²) in [5.41, 5.74) is 0. The Morgan fingerprint density at radius 3 is 1.21 bits per heavy atom. The second-order valence-electron chi connectivity index (χ2n) is 21.0. The zero-order valence-corrected chi connectivity index (χ0v) is 46.7. The summed E-state index contributed by atoms with van der Waals surface area (Å²) >= 11 is 0. The molecule has 402 valence electrons. The lowest BCUT2D eigenvalue weighted by Gasteiger charge is -2.28. The van der Waals surface area contributed by atoms with Crippen molar-refractivity contribution in [3.63, 3.8) is 0 Å².